The quantitative estimate of drug-likeness (QED) is 0.734. The Morgan fingerprint density at radius 1 is 0.429 bits per heavy atom. The third-order valence-electron chi connectivity index (χ3n) is 5.65. The molecule has 0 amide bonds. The minimum atomic E-state index is -2.82. The zero-order valence-corrected chi connectivity index (χ0v) is 13.9. The lowest BCUT2D eigenvalue weighted by molar-refractivity contribution is -0.0612. The molecule has 2 saturated heterocycles. The summed E-state index contributed by atoms with van der Waals surface area (Å²) in [6.07, 6.45) is 10.2. The zero-order chi connectivity index (χ0) is 14.1. The van der Waals surface area contributed by atoms with E-state index in [2.05, 4.69) is 0 Å². The highest BCUT2D eigenvalue weighted by Crippen LogP contribution is 2.42. The third kappa shape index (κ3) is 3.70. The molecule has 21 heavy (non-hydrogen) atoms. The van der Waals surface area contributed by atoms with Crippen molar-refractivity contribution in [3.8, 4) is 0 Å². The summed E-state index contributed by atoms with van der Waals surface area (Å²) >= 11 is 0. The molecule has 2 aliphatic carbocycles. The molecule has 0 aromatic heterocycles. The van der Waals surface area contributed by atoms with Crippen LogP contribution in [0.15, 0.2) is 0 Å². The predicted octanol–water partition coefficient (Wildman–Crippen LogP) is 3.13. The van der Waals surface area contributed by atoms with Crippen LogP contribution < -0.4 is 0 Å². The van der Waals surface area contributed by atoms with Gasteiger partial charge in [0.15, 0.2) is 0 Å². The van der Waals surface area contributed by atoms with Gasteiger partial charge in [0.1, 0.15) is 0 Å². The van der Waals surface area contributed by atoms with Crippen LogP contribution in [0.25, 0.3) is 0 Å². The van der Waals surface area contributed by atoms with Gasteiger partial charge < -0.3 is 17.7 Å². The largest absolute Gasteiger partial charge is 0.679 e. The SMILES string of the molecule is C1CC(C2CC2)CCO[Si]2(O1)OCCC(C1CC1)CCO2. The lowest BCUT2D eigenvalue weighted by Crippen LogP contribution is -2.52. The molecule has 0 atom stereocenters. The Balaban J connectivity index is 1.30. The summed E-state index contributed by atoms with van der Waals surface area (Å²) in [5.74, 6) is 3.46. The fraction of sp³-hybridized carbons (Fsp3) is 1.00. The molecule has 4 nitrogen and oxygen atoms in total. The summed E-state index contributed by atoms with van der Waals surface area (Å²) in [5.41, 5.74) is 0. The van der Waals surface area contributed by atoms with Crippen molar-refractivity contribution in [2.24, 2.45) is 23.7 Å². The minimum absolute atomic E-state index is 0.749. The smallest absolute Gasteiger partial charge is 0.351 e. The number of hydrogen-bond acceptors (Lipinski definition) is 4. The van der Waals surface area contributed by atoms with Crippen molar-refractivity contribution in [3.63, 3.8) is 0 Å². The summed E-state index contributed by atoms with van der Waals surface area (Å²) in [7, 11) is -2.82. The maximum atomic E-state index is 6.04. The number of hydrogen-bond donors (Lipinski definition) is 0. The molecule has 2 heterocycles. The predicted molar refractivity (Wildman–Crippen MR) is 80.5 cm³/mol. The van der Waals surface area contributed by atoms with Gasteiger partial charge in [-0.05, 0) is 75.0 Å². The highest BCUT2D eigenvalue weighted by molar-refractivity contribution is 6.53. The van der Waals surface area contributed by atoms with Gasteiger partial charge in [-0.3, -0.25) is 0 Å². The van der Waals surface area contributed by atoms with Gasteiger partial charge in [0.05, 0.1) is 0 Å². The fourth-order valence-electron chi connectivity index (χ4n) is 3.96. The highest BCUT2D eigenvalue weighted by Gasteiger charge is 2.49. The van der Waals surface area contributed by atoms with Crippen molar-refractivity contribution in [2.45, 2.75) is 51.4 Å². The van der Waals surface area contributed by atoms with Crippen LogP contribution in [0.1, 0.15) is 51.4 Å². The molecule has 0 unspecified atom stereocenters. The average Bonchev–Trinajstić information content (AvgIpc) is 3.29. The van der Waals surface area contributed by atoms with Crippen molar-refractivity contribution >= 4 is 9.05 Å². The van der Waals surface area contributed by atoms with E-state index in [9.17, 15) is 0 Å². The molecule has 4 rings (SSSR count). The molecule has 2 aliphatic heterocycles. The molecule has 0 radical (unpaired) electrons. The van der Waals surface area contributed by atoms with Crippen LogP contribution >= 0.6 is 0 Å². The maximum absolute atomic E-state index is 6.04. The van der Waals surface area contributed by atoms with E-state index < -0.39 is 9.05 Å². The average molecular weight is 312 g/mol. The van der Waals surface area contributed by atoms with Crippen LogP contribution in [-0.2, 0) is 17.7 Å². The van der Waals surface area contributed by atoms with E-state index in [1.54, 1.807) is 0 Å². The first-order chi connectivity index (χ1) is 10.3. The first-order valence-electron chi connectivity index (χ1n) is 8.90. The Morgan fingerprint density at radius 2 is 0.714 bits per heavy atom. The first kappa shape index (κ1) is 14.6. The second-order valence-electron chi connectivity index (χ2n) is 7.24. The van der Waals surface area contributed by atoms with Crippen LogP contribution in [0.5, 0.6) is 0 Å². The summed E-state index contributed by atoms with van der Waals surface area (Å²) in [6.45, 7) is 3.00. The van der Waals surface area contributed by atoms with Gasteiger partial charge in [-0.2, -0.15) is 0 Å². The second kappa shape index (κ2) is 6.28. The van der Waals surface area contributed by atoms with Crippen molar-refractivity contribution in [2.75, 3.05) is 26.4 Å². The highest BCUT2D eigenvalue weighted by atomic mass is 28.4. The zero-order valence-electron chi connectivity index (χ0n) is 12.9. The van der Waals surface area contributed by atoms with E-state index >= 15 is 0 Å². The standard InChI is InChI=1S/C16H28O4Si/c1-2-13(1)15-5-9-17-21(18-10-6-15)19-11-7-16(8-12-20-21)14-3-4-14/h13-16H,1-12H2. The summed E-state index contributed by atoms with van der Waals surface area (Å²) in [4.78, 5) is 0. The van der Waals surface area contributed by atoms with Gasteiger partial charge in [0, 0.05) is 26.4 Å². The third-order valence-corrected chi connectivity index (χ3v) is 7.88. The second-order valence-corrected chi connectivity index (χ2v) is 9.40. The Bertz CT molecular complexity index is 299. The Morgan fingerprint density at radius 3 is 1.00 bits per heavy atom. The number of rotatable bonds is 2. The fourth-order valence-corrected chi connectivity index (χ4v) is 5.93. The molecule has 0 N–H and O–H groups in total. The van der Waals surface area contributed by atoms with Gasteiger partial charge in [-0.25, -0.2) is 0 Å². The summed E-state index contributed by atoms with van der Waals surface area (Å²) in [6, 6.07) is 0. The molecule has 2 saturated carbocycles. The van der Waals surface area contributed by atoms with Crippen LogP contribution in [0.2, 0.25) is 0 Å². The Kier molecular flexibility index (Phi) is 4.38. The maximum Gasteiger partial charge on any atom is 0.679 e. The normalized spacial score (nSPS) is 42.9. The van der Waals surface area contributed by atoms with E-state index in [4.69, 9.17) is 17.7 Å². The molecule has 0 aromatic rings. The monoisotopic (exact) mass is 312 g/mol. The van der Waals surface area contributed by atoms with E-state index in [0.29, 0.717) is 0 Å². The van der Waals surface area contributed by atoms with Gasteiger partial charge in [-0.1, -0.05) is 0 Å². The van der Waals surface area contributed by atoms with Crippen molar-refractivity contribution in [1.29, 1.82) is 0 Å². The minimum Gasteiger partial charge on any atom is -0.351 e. The first-order valence-corrected chi connectivity index (χ1v) is 10.5. The molecule has 5 heteroatoms. The Hall–Kier alpha value is 0.0569. The van der Waals surface area contributed by atoms with Crippen molar-refractivity contribution in [3.05, 3.63) is 0 Å². The Labute approximate surface area is 129 Å². The van der Waals surface area contributed by atoms with E-state index in [1.807, 2.05) is 0 Å². The molecular weight excluding hydrogens is 284 g/mol. The lowest BCUT2D eigenvalue weighted by Gasteiger charge is -2.34. The molecule has 4 fully saturated rings. The van der Waals surface area contributed by atoms with Crippen LogP contribution in [-0.4, -0.2) is 35.5 Å². The van der Waals surface area contributed by atoms with E-state index in [0.717, 1.165) is 75.8 Å². The summed E-state index contributed by atoms with van der Waals surface area (Å²) < 4.78 is 24.2. The molecule has 0 bridgehead atoms. The van der Waals surface area contributed by atoms with Gasteiger partial charge in [0.2, 0.25) is 0 Å². The van der Waals surface area contributed by atoms with Crippen LogP contribution in [0.4, 0.5) is 0 Å². The molecule has 0 aromatic carbocycles. The molecule has 120 valence electrons. The lowest BCUT2D eigenvalue weighted by atomic mass is 9.97. The van der Waals surface area contributed by atoms with E-state index in [1.165, 1.54) is 25.7 Å². The van der Waals surface area contributed by atoms with Crippen LogP contribution in [0.3, 0.4) is 0 Å². The van der Waals surface area contributed by atoms with Gasteiger partial charge >= 0.3 is 9.05 Å². The molecule has 1 spiro atoms. The van der Waals surface area contributed by atoms with Gasteiger partial charge in [-0.15, -0.1) is 0 Å². The topological polar surface area (TPSA) is 36.9 Å². The van der Waals surface area contributed by atoms with Crippen LogP contribution in [0, 0.1) is 23.7 Å². The van der Waals surface area contributed by atoms with Crippen molar-refractivity contribution < 1.29 is 17.7 Å². The molecule has 4 aliphatic rings. The summed E-state index contributed by atoms with van der Waals surface area (Å²) in [5, 5.41) is 0. The van der Waals surface area contributed by atoms with E-state index in [-0.39, 0.29) is 0 Å². The van der Waals surface area contributed by atoms with Gasteiger partial charge in [0.25, 0.3) is 0 Å². The van der Waals surface area contributed by atoms with Crippen molar-refractivity contribution in [1.82, 2.24) is 0 Å². The molecular formula is C16H28O4Si.